The van der Waals surface area contributed by atoms with E-state index in [0.717, 1.165) is 0 Å². The van der Waals surface area contributed by atoms with Gasteiger partial charge in [0.2, 0.25) is 10.0 Å². The first-order valence-corrected chi connectivity index (χ1v) is 7.12. The number of nitrogens with zero attached hydrogens (tertiary/aromatic N) is 3. The Morgan fingerprint density at radius 2 is 1.90 bits per heavy atom. The molecule has 0 saturated carbocycles. The Hall–Kier alpha value is -2.84. The summed E-state index contributed by atoms with van der Waals surface area (Å²) in [5, 5.41) is 23.5. The molecule has 2 N–H and O–H groups in total. The number of nitriles is 2. The van der Waals surface area contributed by atoms with Gasteiger partial charge in [-0.25, -0.2) is 8.42 Å². The lowest BCUT2D eigenvalue weighted by atomic mass is 10.2. The number of rotatable bonds is 4. The number of hydrogen-bond acceptors (Lipinski definition) is 5. The Balaban J connectivity index is 2.15. The van der Waals surface area contributed by atoms with Crippen molar-refractivity contribution in [3.63, 3.8) is 0 Å². The van der Waals surface area contributed by atoms with Crippen LogP contribution in [-0.4, -0.2) is 18.6 Å². The third-order valence-electron chi connectivity index (χ3n) is 2.46. The van der Waals surface area contributed by atoms with E-state index in [1.807, 2.05) is 12.1 Å². The van der Waals surface area contributed by atoms with Crippen molar-refractivity contribution in [1.82, 2.24) is 10.2 Å². The van der Waals surface area contributed by atoms with Gasteiger partial charge in [0, 0.05) is 0 Å². The number of H-pyrrole nitrogens is 1. The summed E-state index contributed by atoms with van der Waals surface area (Å²) < 4.78 is 26.2. The van der Waals surface area contributed by atoms with Crippen LogP contribution in [0.15, 0.2) is 30.5 Å². The van der Waals surface area contributed by atoms with Crippen molar-refractivity contribution in [2.75, 3.05) is 4.72 Å². The van der Waals surface area contributed by atoms with Crippen LogP contribution in [-0.2, 0) is 15.8 Å². The van der Waals surface area contributed by atoms with E-state index in [1.54, 1.807) is 24.3 Å². The van der Waals surface area contributed by atoms with E-state index in [-0.39, 0.29) is 17.1 Å². The number of aromatic amines is 1. The number of benzene rings is 1. The first-order valence-electron chi connectivity index (χ1n) is 5.47. The fraction of sp³-hybridized carbons (Fsp3) is 0.0833. The molecule has 7 nitrogen and oxygen atoms in total. The largest absolute Gasteiger partial charge is 0.266 e. The minimum Gasteiger partial charge on any atom is -0.266 e. The highest BCUT2D eigenvalue weighted by Crippen LogP contribution is 2.14. The van der Waals surface area contributed by atoms with E-state index >= 15 is 0 Å². The van der Waals surface area contributed by atoms with Gasteiger partial charge in [-0.3, -0.25) is 9.82 Å². The molecule has 0 saturated heterocycles. The van der Waals surface area contributed by atoms with E-state index in [9.17, 15) is 8.42 Å². The van der Waals surface area contributed by atoms with E-state index in [1.165, 1.54) is 6.20 Å². The smallest absolute Gasteiger partial charge is 0.238 e. The SMILES string of the molecule is N#Cc1ccc(CS(=O)(=O)Nc2[nH]ncc2C#N)cc1. The summed E-state index contributed by atoms with van der Waals surface area (Å²) >= 11 is 0. The summed E-state index contributed by atoms with van der Waals surface area (Å²) in [4.78, 5) is 0. The molecule has 0 aliphatic heterocycles. The van der Waals surface area contributed by atoms with Crippen LogP contribution in [0, 0.1) is 22.7 Å². The Bertz CT molecular complexity index is 794. The van der Waals surface area contributed by atoms with E-state index < -0.39 is 10.0 Å². The molecule has 0 spiro atoms. The van der Waals surface area contributed by atoms with Gasteiger partial charge in [-0.1, -0.05) is 12.1 Å². The first-order chi connectivity index (χ1) is 9.54. The third-order valence-corrected chi connectivity index (χ3v) is 3.69. The van der Waals surface area contributed by atoms with Crippen molar-refractivity contribution in [1.29, 1.82) is 10.5 Å². The monoisotopic (exact) mass is 287 g/mol. The van der Waals surface area contributed by atoms with Crippen molar-refractivity contribution < 1.29 is 8.42 Å². The molecule has 2 rings (SSSR count). The van der Waals surface area contributed by atoms with Gasteiger partial charge < -0.3 is 0 Å². The average molecular weight is 287 g/mol. The number of nitrogens with one attached hydrogen (secondary N) is 2. The molecule has 0 aliphatic rings. The van der Waals surface area contributed by atoms with Crippen molar-refractivity contribution in [3.8, 4) is 12.1 Å². The molecule has 1 aromatic heterocycles. The molecule has 0 atom stereocenters. The topological polar surface area (TPSA) is 122 Å². The van der Waals surface area contributed by atoms with Gasteiger partial charge in [0.25, 0.3) is 0 Å². The van der Waals surface area contributed by atoms with Crippen LogP contribution in [0.4, 0.5) is 5.82 Å². The molecule has 1 heterocycles. The molecule has 0 bridgehead atoms. The molecule has 0 aliphatic carbocycles. The van der Waals surface area contributed by atoms with Gasteiger partial charge >= 0.3 is 0 Å². The van der Waals surface area contributed by atoms with Crippen molar-refractivity contribution in [2.45, 2.75) is 5.75 Å². The standard InChI is InChI=1S/C12H9N5O2S/c13-5-9-1-3-10(4-2-9)8-20(18,19)17-12-11(6-14)7-15-16-12/h1-4,7H,8H2,(H2,15,16,17). The minimum atomic E-state index is -3.67. The van der Waals surface area contributed by atoms with Crippen molar-refractivity contribution >= 4 is 15.8 Å². The van der Waals surface area contributed by atoms with E-state index in [2.05, 4.69) is 14.9 Å². The molecule has 0 unspecified atom stereocenters. The lowest BCUT2D eigenvalue weighted by Crippen LogP contribution is -2.16. The van der Waals surface area contributed by atoms with Crippen molar-refractivity contribution in [3.05, 3.63) is 47.2 Å². The summed E-state index contributed by atoms with van der Waals surface area (Å²) in [6, 6.07) is 9.99. The zero-order valence-corrected chi connectivity index (χ0v) is 11.0. The van der Waals surface area contributed by atoms with Gasteiger partial charge in [-0.2, -0.15) is 15.6 Å². The van der Waals surface area contributed by atoms with Crippen LogP contribution in [0.1, 0.15) is 16.7 Å². The van der Waals surface area contributed by atoms with Crippen LogP contribution < -0.4 is 4.72 Å². The van der Waals surface area contributed by atoms with Crippen molar-refractivity contribution in [2.24, 2.45) is 0 Å². The summed E-state index contributed by atoms with van der Waals surface area (Å²) in [6.07, 6.45) is 1.24. The number of hydrogen-bond donors (Lipinski definition) is 2. The zero-order valence-electron chi connectivity index (χ0n) is 10.2. The number of aromatic nitrogens is 2. The molecule has 1 aromatic carbocycles. The van der Waals surface area contributed by atoms with E-state index in [4.69, 9.17) is 10.5 Å². The van der Waals surface area contributed by atoms with Crippen LogP contribution in [0.25, 0.3) is 0 Å². The Labute approximate surface area is 115 Å². The molecule has 8 heteroatoms. The second-order valence-electron chi connectivity index (χ2n) is 3.94. The molecular formula is C12H9N5O2S. The Morgan fingerprint density at radius 3 is 2.50 bits per heavy atom. The predicted molar refractivity (Wildman–Crippen MR) is 70.7 cm³/mol. The van der Waals surface area contributed by atoms with Gasteiger partial charge in [0.15, 0.2) is 5.82 Å². The maximum absolute atomic E-state index is 12.0. The molecule has 100 valence electrons. The molecule has 0 fully saturated rings. The van der Waals surface area contributed by atoms with Gasteiger partial charge in [0.05, 0.1) is 23.6 Å². The predicted octanol–water partition coefficient (Wildman–Crippen LogP) is 1.09. The highest BCUT2D eigenvalue weighted by atomic mass is 32.2. The normalized spacial score (nSPS) is 10.5. The summed E-state index contributed by atoms with van der Waals surface area (Å²) in [5.74, 6) is -0.219. The highest BCUT2D eigenvalue weighted by molar-refractivity contribution is 7.91. The Morgan fingerprint density at radius 1 is 1.20 bits per heavy atom. The average Bonchev–Trinajstić information content (AvgIpc) is 2.85. The molecule has 0 radical (unpaired) electrons. The Kier molecular flexibility index (Phi) is 3.69. The lowest BCUT2D eigenvalue weighted by molar-refractivity contribution is 0.600. The third kappa shape index (κ3) is 3.13. The maximum Gasteiger partial charge on any atom is 0.238 e. The highest BCUT2D eigenvalue weighted by Gasteiger charge is 2.15. The lowest BCUT2D eigenvalue weighted by Gasteiger charge is -2.06. The first kappa shape index (κ1) is 13.6. The van der Waals surface area contributed by atoms with Gasteiger partial charge in [-0.15, -0.1) is 0 Å². The quantitative estimate of drug-likeness (QED) is 0.871. The fourth-order valence-electron chi connectivity index (χ4n) is 1.54. The number of anilines is 1. The second-order valence-corrected chi connectivity index (χ2v) is 5.66. The van der Waals surface area contributed by atoms with Gasteiger partial charge in [0.1, 0.15) is 11.6 Å². The molecule has 0 amide bonds. The maximum atomic E-state index is 12.0. The zero-order chi connectivity index (χ0) is 14.6. The molecular weight excluding hydrogens is 278 g/mol. The van der Waals surface area contributed by atoms with Crippen LogP contribution in [0.5, 0.6) is 0 Å². The summed E-state index contributed by atoms with van der Waals surface area (Å²) in [7, 11) is -3.67. The van der Waals surface area contributed by atoms with Crippen LogP contribution >= 0.6 is 0 Å². The summed E-state index contributed by atoms with van der Waals surface area (Å²) in [5.41, 5.74) is 1.11. The van der Waals surface area contributed by atoms with E-state index in [0.29, 0.717) is 11.1 Å². The second kappa shape index (κ2) is 5.43. The van der Waals surface area contributed by atoms with Crippen LogP contribution in [0.2, 0.25) is 0 Å². The number of sulfonamides is 1. The minimum absolute atomic E-state index is 0.0427. The van der Waals surface area contributed by atoms with Gasteiger partial charge in [-0.05, 0) is 17.7 Å². The molecule has 20 heavy (non-hydrogen) atoms. The fourth-order valence-corrected chi connectivity index (χ4v) is 2.71. The molecule has 2 aromatic rings. The summed E-state index contributed by atoms with van der Waals surface area (Å²) in [6.45, 7) is 0. The van der Waals surface area contributed by atoms with Crippen LogP contribution in [0.3, 0.4) is 0 Å².